The van der Waals surface area contributed by atoms with Crippen LogP contribution >= 0.6 is 22.9 Å². The van der Waals surface area contributed by atoms with Crippen molar-refractivity contribution in [1.82, 2.24) is 20.4 Å². The van der Waals surface area contributed by atoms with E-state index in [4.69, 9.17) is 11.6 Å². The molecule has 3 heterocycles. The third-order valence-electron chi connectivity index (χ3n) is 3.54. The highest BCUT2D eigenvalue weighted by Crippen LogP contribution is 2.35. The van der Waals surface area contributed by atoms with Crippen LogP contribution < -0.4 is 5.32 Å². The molecule has 0 aliphatic rings. The highest BCUT2D eigenvalue weighted by atomic mass is 35.5. The van der Waals surface area contributed by atoms with Gasteiger partial charge in [-0.1, -0.05) is 41.9 Å². The monoisotopic (exact) mass is 352 g/mol. The maximum absolute atomic E-state index is 9.44. The molecular formula is C16H9ClN6S. The van der Waals surface area contributed by atoms with E-state index >= 15 is 0 Å². The lowest BCUT2D eigenvalue weighted by molar-refractivity contribution is 0.900. The van der Waals surface area contributed by atoms with Crippen LogP contribution in [0.25, 0.3) is 20.4 Å². The van der Waals surface area contributed by atoms with Gasteiger partial charge >= 0.3 is 0 Å². The fraction of sp³-hybridized carbons (Fsp3) is 0.0625. The van der Waals surface area contributed by atoms with Crippen LogP contribution in [0.15, 0.2) is 36.4 Å². The predicted octanol–water partition coefficient (Wildman–Crippen LogP) is 3.77. The maximum Gasteiger partial charge on any atom is 0.172 e. The van der Waals surface area contributed by atoms with Crippen molar-refractivity contribution in [3.63, 3.8) is 0 Å². The second-order valence-corrected chi connectivity index (χ2v) is 6.41. The van der Waals surface area contributed by atoms with Crippen molar-refractivity contribution < 1.29 is 0 Å². The van der Waals surface area contributed by atoms with Gasteiger partial charge in [-0.2, -0.15) is 5.26 Å². The van der Waals surface area contributed by atoms with Crippen LogP contribution in [0.2, 0.25) is 5.15 Å². The summed E-state index contributed by atoms with van der Waals surface area (Å²) in [7, 11) is 0. The van der Waals surface area contributed by atoms with Crippen molar-refractivity contribution in [1.29, 1.82) is 5.26 Å². The molecule has 0 saturated heterocycles. The number of rotatable bonds is 3. The summed E-state index contributed by atoms with van der Waals surface area (Å²) in [5, 5.41) is 25.1. The van der Waals surface area contributed by atoms with Crippen LogP contribution in [0.1, 0.15) is 11.1 Å². The zero-order valence-electron chi connectivity index (χ0n) is 12.2. The lowest BCUT2D eigenvalue weighted by atomic mass is 10.2. The Morgan fingerprint density at radius 1 is 1.21 bits per heavy atom. The van der Waals surface area contributed by atoms with Crippen molar-refractivity contribution in [2.45, 2.75) is 6.54 Å². The number of hydrogen-bond donors (Lipinski definition) is 1. The van der Waals surface area contributed by atoms with E-state index in [0.717, 1.165) is 20.5 Å². The molecule has 0 aliphatic carbocycles. The summed E-state index contributed by atoms with van der Waals surface area (Å²) < 4.78 is 0.721. The van der Waals surface area contributed by atoms with E-state index in [1.165, 1.54) is 11.3 Å². The zero-order valence-corrected chi connectivity index (χ0v) is 13.8. The largest absolute Gasteiger partial charge is 0.365 e. The molecule has 0 amide bonds. The fourth-order valence-electron chi connectivity index (χ4n) is 2.40. The van der Waals surface area contributed by atoms with Crippen LogP contribution in [-0.4, -0.2) is 20.4 Å². The number of fused-ring (bicyclic) bond motifs is 3. The SMILES string of the molecule is N#Cc1cc2c(nc1NCc1ccccc1)sc1c(Cl)nnnc12. The van der Waals surface area contributed by atoms with Crippen molar-refractivity contribution >= 4 is 49.2 Å². The Morgan fingerprint density at radius 2 is 2.04 bits per heavy atom. The number of hydrogen-bond acceptors (Lipinski definition) is 7. The average molecular weight is 353 g/mol. The van der Waals surface area contributed by atoms with E-state index in [2.05, 4.69) is 31.8 Å². The lowest BCUT2D eigenvalue weighted by Crippen LogP contribution is -2.03. The molecule has 4 rings (SSSR count). The van der Waals surface area contributed by atoms with Crippen molar-refractivity contribution in [2.75, 3.05) is 5.32 Å². The average Bonchev–Trinajstić information content (AvgIpc) is 2.99. The van der Waals surface area contributed by atoms with Gasteiger partial charge in [0.05, 0.1) is 10.3 Å². The molecule has 1 N–H and O–H groups in total. The minimum Gasteiger partial charge on any atom is -0.365 e. The Morgan fingerprint density at radius 3 is 2.83 bits per heavy atom. The van der Waals surface area contributed by atoms with E-state index in [-0.39, 0.29) is 0 Å². The Balaban J connectivity index is 1.79. The minimum atomic E-state index is 0.292. The van der Waals surface area contributed by atoms with Gasteiger partial charge in [-0.3, -0.25) is 0 Å². The van der Waals surface area contributed by atoms with Gasteiger partial charge in [0.15, 0.2) is 5.15 Å². The van der Waals surface area contributed by atoms with E-state index < -0.39 is 0 Å². The maximum atomic E-state index is 9.44. The first-order valence-electron chi connectivity index (χ1n) is 7.06. The van der Waals surface area contributed by atoms with Crippen molar-refractivity contribution in [3.8, 4) is 6.07 Å². The number of pyridine rings is 1. The zero-order chi connectivity index (χ0) is 16.5. The van der Waals surface area contributed by atoms with Crippen molar-refractivity contribution in [2.24, 2.45) is 0 Å². The Hall–Kier alpha value is -2.82. The second-order valence-electron chi connectivity index (χ2n) is 5.05. The molecule has 6 nitrogen and oxygen atoms in total. The molecule has 0 fully saturated rings. The number of aromatic nitrogens is 4. The van der Waals surface area contributed by atoms with Crippen LogP contribution in [0.3, 0.4) is 0 Å². The number of nitrogens with zero attached hydrogens (tertiary/aromatic N) is 5. The summed E-state index contributed by atoms with van der Waals surface area (Å²) in [4.78, 5) is 5.31. The summed E-state index contributed by atoms with van der Waals surface area (Å²) in [6.45, 7) is 0.584. The molecule has 0 radical (unpaired) electrons. The Labute approximate surface area is 145 Å². The van der Waals surface area contributed by atoms with Crippen LogP contribution in [0.4, 0.5) is 5.82 Å². The number of benzene rings is 1. The molecular weight excluding hydrogens is 344 g/mol. The number of anilines is 1. The highest BCUT2D eigenvalue weighted by Gasteiger charge is 2.15. The fourth-order valence-corrected chi connectivity index (χ4v) is 3.61. The smallest absolute Gasteiger partial charge is 0.172 e. The molecule has 3 aromatic heterocycles. The molecule has 4 aromatic rings. The molecule has 8 heteroatoms. The van der Waals surface area contributed by atoms with E-state index in [1.807, 2.05) is 30.3 Å². The molecule has 24 heavy (non-hydrogen) atoms. The Kier molecular flexibility index (Phi) is 3.69. The van der Waals surface area contributed by atoms with E-state index in [1.54, 1.807) is 6.07 Å². The number of thiophene rings is 1. The topological polar surface area (TPSA) is 87.4 Å². The van der Waals surface area contributed by atoms with Gasteiger partial charge in [-0.15, -0.1) is 21.5 Å². The molecule has 116 valence electrons. The van der Waals surface area contributed by atoms with E-state index in [0.29, 0.717) is 28.6 Å². The van der Waals surface area contributed by atoms with Crippen LogP contribution in [0.5, 0.6) is 0 Å². The van der Waals surface area contributed by atoms with Gasteiger partial charge in [-0.05, 0) is 16.8 Å². The van der Waals surface area contributed by atoms with Gasteiger partial charge in [0.25, 0.3) is 0 Å². The van der Waals surface area contributed by atoms with Gasteiger partial charge in [0.1, 0.15) is 22.2 Å². The summed E-state index contributed by atoms with van der Waals surface area (Å²) in [5.74, 6) is 0.539. The normalized spacial score (nSPS) is 10.8. The first kappa shape index (κ1) is 14.8. The third kappa shape index (κ3) is 2.52. The van der Waals surface area contributed by atoms with Gasteiger partial charge < -0.3 is 5.32 Å². The lowest BCUT2D eigenvalue weighted by Gasteiger charge is -2.07. The van der Waals surface area contributed by atoms with Crippen molar-refractivity contribution in [3.05, 3.63) is 52.7 Å². The second kappa shape index (κ2) is 6.00. The molecule has 0 atom stereocenters. The minimum absolute atomic E-state index is 0.292. The van der Waals surface area contributed by atoms with Crippen LogP contribution in [-0.2, 0) is 6.54 Å². The van der Waals surface area contributed by atoms with Gasteiger partial charge in [0, 0.05) is 11.9 Å². The summed E-state index contributed by atoms with van der Waals surface area (Å²) >= 11 is 7.46. The molecule has 0 aliphatic heterocycles. The summed E-state index contributed by atoms with van der Waals surface area (Å²) in [6, 6.07) is 13.9. The molecule has 1 aromatic carbocycles. The molecule has 0 spiro atoms. The third-order valence-corrected chi connectivity index (χ3v) is 5.02. The number of nitriles is 1. The molecule has 0 bridgehead atoms. The first-order valence-corrected chi connectivity index (χ1v) is 8.25. The van der Waals surface area contributed by atoms with Crippen LogP contribution in [0, 0.1) is 11.3 Å². The standard InChI is InChI=1S/C16H9ClN6S/c17-14-13-12(21-23-22-14)11-6-10(7-18)15(20-16(11)24-13)19-8-9-4-2-1-3-5-9/h1-6H,8H2,(H,19,20). The molecule has 0 unspecified atom stereocenters. The Bertz CT molecular complexity index is 1090. The van der Waals surface area contributed by atoms with Gasteiger partial charge in [0.2, 0.25) is 0 Å². The highest BCUT2D eigenvalue weighted by molar-refractivity contribution is 7.25. The van der Waals surface area contributed by atoms with E-state index in [9.17, 15) is 5.26 Å². The summed E-state index contributed by atoms with van der Waals surface area (Å²) in [5.41, 5.74) is 2.18. The van der Waals surface area contributed by atoms with Gasteiger partial charge in [-0.25, -0.2) is 4.98 Å². The number of halogens is 1. The predicted molar refractivity (Wildman–Crippen MR) is 94.0 cm³/mol. The number of nitrogens with one attached hydrogen (secondary N) is 1. The quantitative estimate of drug-likeness (QED) is 0.603. The first-order chi connectivity index (χ1) is 11.8. The molecule has 0 saturated carbocycles. The summed E-state index contributed by atoms with van der Waals surface area (Å²) in [6.07, 6.45) is 0.